The topological polar surface area (TPSA) is 103 Å². The maximum absolute atomic E-state index is 13.7. The van der Waals surface area contributed by atoms with Crippen LogP contribution >= 0.6 is 0 Å². The molecule has 2 fully saturated rings. The number of aromatic amines is 1. The number of hydrogen-bond acceptors (Lipinski definition) is 7. The summed E-state index contributed by atoms with van der Waals surface area (Å²) in [6, 6.07) is 14.5. The molecule has 5 heterocycles. The Labute approximate surface area is 262 Å². The summed E-state index contributed by atoms with van der Waals surface area (Å²) >= 11 is 0. The van der Waals surface area contributed by atoms with Gasteiger partial charge in [0.1, 0.15) is 12.0 Å². The fourth-order valence-corrected chi connectivity index (χ4v) is 7.36. The summed E-state index contributed by atoms with van der Waals surface area (Å²) in [6.07, 6.45) is 11.6. The van der Waals surface area contributed by atoms with Crippen LogP contribution in [0.4, 0.5) is 0 Å². The highest BCUT2D eigenvalue weighted by molar-refractivity contribution is 5.94. The third kappa shape index (κ3) is 5.18. The number of piperidine rings is 1. The number of aliphatic hydroxyl groups is 1. The molecule has 3 aromatic heterocycles. The number of likely N-dealkylation sites (tertiary alicyclic amines) is 1. The molecule has 2 N–H and O–H groups in total. The number of nitrogens with one attached hydrogen (secondary N) is 1. The van der Waals surface area contributed by atoms with E-state index in [0.717, 1.165) is 59.4 Å². The second kappa shape index (κ2) is 11.6. The van der Waals surface area contributed by atoms with E-state index >= 15 is 0 Å². The first kappa shape index (κ1) is 28.3. The summed E-state index contributed by atoms with van der Waals surface area (Å²) in [7, 11) is 0. The van der Waals surface area contributed by atoms with E-state index in [0.29, 0.717) is 28.6 Å². The Kier molecular flexibility index (Phi) is 7.32. The SMILES string of the molecule is CCN1CCC(N2CC=C(c3cc4c(-c5cccc(-n6ncc7cc(C8CC8)ccc7c6=O)c5CO)ncnc4[nH]3)CC2)CC1. The number of aromatic nitrogens is 5. The molecule has 2 aliphatic heterocycles. The smallest absolute Gasteiger partial charge is 0.279 e. The molecule has 0 unspecified atom stereocenters. The summed E-state index contributed by atoms with van der Waals surface area (Å²) in [4.78, 5) is 31.6. The summed E-state index contributed by atoms with van der Waals surface area (Å²) in [5, 5.41) is 17.6. The minimum absolute atomic E-state index is 0.201. The van der Waals surface area contributed by atoms with Gasteiger partial charge < -0.3 is 15.0 Å². The van der Waals surface area contributed by atoms with Crippen LogP contribution in [-0.2, 0) is 6.61 Å². The van der Waals surface area contributed by atoms with Crippen molar-refractivity contribution < 1.29 is 5.11 Å². The monoisotopic (exact) mass is 601 g/mol. The van der Waals surface area contributed by atoms with Crippen LogP contribution in [0.15, 0.2) is 65.9 Å². The molecular formula is C36H39N7O2. The van der Waals surface area contributed by atoms with Gasteiger partial charge in [-0.05, 0) is 93.1 Å². The molecule has 9 nitrogen and oxygen atoms in total. The molecule has 45 heavy (non-hydrogen) atoms. The Morgan fingerprint density at radius 2 is 1.87 bits per heavy atom. The average Bonchev–Trinajstić information content (AvgIpc) is 3.86. The highest BCUT2D eigenvalue weighted by atomic mass is 16.3. The van der Waals surface area contributed by atoms with Gasteiger partial charge in [-0.25, -0.2) is 9.97 Å². The molecule has 0 spiro atoms. The van der Waals surface area contributed by atoms with Crippen LogP contribution in [0.1, 0.15) is 61.8 Å². The van der Waals surface area contributed by atoms with E-state index in [4.69, 9.17) is 0 Å². The van der Waals surface area contributed by atoms with Crippen molar-refractivity contribution in [2.75, 3.05) is 32.7 Å². The van der Waals surface area contributed by atoms with Crippen LogP contribution in [0.3, 0.4) is 0 Å². The molecule has 1 saturated heterocycles. The van der Waals surface area contributed by atoms with Crippen LogP contribution in [0.5, 0.6) is 0 Å². The van der Waals surface area contributed by atoms with Gasteiger partial charge in [-0.1, -0.05) is 31.2 Å². The van der Waals surface area contributed by atoms with Crippen molar-refractivity contribution in [1.29, 1.82) is 0 Å². The lowest BCUT2D eigenvalue weighted by molar-refractivity contribution is 0.120. The quantitative estimate of drug-likeness (QED) is 0.262. The summed E-state index contributed by atoms with van der Waals surface area (Å²) in [6.45, 7) is 7.55. The van der Waals surface area contributed by atoms with E-state index in [2.05, 4.69) is 61.0 Å². The number of aliphatic hydroxyl groups excluding tert-OH is 1. The molecule has 1 aliphatic carbocycles. The Bertz CT molecular complexity index is 1980. The van der Waals surface area contributed by atoms with E-state index in [9.17, 15) is 9.90 Å². The van der Waals surface area contributed by atoms with Gasteiger partial charge in [0.2, 0.25) is 0 Å². The predicted octanol–water partition coefficient (Wildman–Crippen LogP) is 5.27. The largest absolute Gasteiger partial charge is 0.392 e. The molecule has 0 radical (unpaired) electrons. The first-order valence-corrected chi connectivity index (χ1v) is 16.4. The lowest BCUT2D eigenvalue weighted by Crippen LogP contribution is -2.46. The van der Waals surface area contributed by atoms with Gasteiger partial charge >= 0.3 is 0 Å². The third-order valence-corrected chi connectivity index (χ3v) is 10.2. The van der Waals surface area contributed by atoms with Gasteiger partial charge in [0.15, 0.2) is 0 Å². The average molecular weight is 602 g/mol. The zero-order chi connectivity index (χ0) is 30.5. The van der Waals surface area contributed by atoms with Gasteiger partial charge in [0, 0.05) is 46.7 Å². The van der Waals surface area contributed by atoms with Gasteiger partial charge in [0.05, 0.1) is 29.6 Å². The molecule has 0 amide bonds. The standard InChI is InChI=1S/C36H39N7O2/c1-2-41-14-12-27(13-15-41)42-16-10-24(11-17-42)32-19-30-34(37-22-38-35(30)40-32)29-4-3-5-33(31(29)21-44)43-36(45)28-9-8-25(23-6-7-23)18-26(28)20-39-43/h3-5,8-10,18-20,22-23,27,44H,2,6-7,11-17,21H2,1H3,(H,37,38,40). The maximum Gasteiger partial charge on any atom is 0.279 e. The zero-order valence-corrected chi connectivity index (χ0v) is 25.7. The molecule has 5 aromatic rings. The number of rotatable bonds is 7. The Morgan fingerprint density at radius 1 is 1.00 bits per heavy atom. The fraction of sp³-hybridized carbons (Fsp3) is 0.389. The van der Waals surface area contributed by atoms with Crippen LogP contribution in [0.2, 0.25) is 0 Å². The molecule has 2 aromatic carbocycles. The molecule has 230 valence electrons. The molecule has 0 bridgehead atoms. The van der Waals surface area contributed by atoms with Crippen LogP contribution in [-0.4, -0.2) is 78.4 Å². The first-order valence-electron chi connectivity index (χ1n) is 16.4. The van der Waals surface area contributed by atoms with Gasteiger partial charge in [-0.3, -0.25) is 9.69 Å². The van der Waals surface area contributed by atoms with Gasteiger partial charge in [0.25, 0.3) is 5.56 Å². The maximum atomic E-state index is 13.7. The number of hydrogen-bond donors (Lipinski definition) is 2. The first-order chi connectivity index (χ1) is 22.1. The van der Waals surface area contributed by atoms with Crippen molar-refractivity contribution in [1.82, 2.24) is 34.5 Å². The highest BCUT2D eigenvalue weighted by Crippen LogP contribution is 2.40. The number of fused-ring (bicyclic) bond motifs is 2. The van der Waals surface area contributed by atoms with Crippen molar-refractivity contribution in [2.45, 2.75) is 57.6 Å². The highest BCUT2D eigenvalue weighted by Gasteiger charge is 2.27. The molecule has 3 aliphatic rings. The van der Waals surface area contributed by atoms with Crippen molar-refractivity contribution in [3.8, 4) is 16.9 Å². The lowest BCUT2D eigenvalue weighted by atomic mass is 9.98. The fourth-order valence-electron chi connectivity index (χ4n) is 7.36. The third-order valence-electron chi connectivity index (χ3n) is 10.2. The molecule has 1 saturated carbocycles. The Morgan fingerprint density at radius 3 is 2.62 bits per heavy atom. The second-order valence-corrected chi connectivity index (χ2v) is 12.8. The van der Waals surface area contributed by atoms with Gasteiger partial charge in [-0.2, -0.15) is 9.78 Å². The van der Waals surface area contributed by atoms with Crippen LogP contribution in [0, 0.1) is 0 Å². The summed E-state index contributed by atoms with van der Waals surface area (Å²) in [5.74, 6) is 0.603. The second-order valence-electron chi connectivity index (χ2n) is 12.8. The molecule has 0 atom stereocenters. The van der Waals surface area contributed by atoms with E-state index in [1.54, 1.807) is 12.5 Å². The van der Waals surface area contributed by atoms with E-state index in [1.807, 2.05) is 24.3 Å². The van der Waals surface area contributed by atoms with Crippen molar-refractivity contribution in [2.24, 2.45) is 0 Å². The summed E-state index contributed by atoms with van der Waals surface area (Å²) in [5.41, 5.74) is 6.82. The van der Waals surface area contributed by atoms with Crippen LogP contribution in [0.25, 0.3) is 44.3 Å². The van der Waals surface area contributed by atoms with Crippen molar-refractivity contribution in [3.05, 3.63) is 88.2 Å². The Hall–Kier alpha value is -4.18. The normalized spacial score (nSPS) is 18.6. The number of H-pyrrole nitrogens is 1. The minimum atomic E-state index is -0.265. The molecular weight excluding hydrogens is 562 g/mol. The minimum Gasteiger partial charge on any atom is -0.392 e. The number of nitrogens with zero attached hydrogens (tertiary/aromatic N) is 6. The van der Waals surface area contributed by atoms with Gasteiger partial charge in [-0.15, -0.1) is 0 Å². The van der Waals surface area contributed by atoms with Crippen molar-refractivity contribution >= 4 is 27.4 Å². The van der Waals surface area contributed by atoms with Crippen molar-refractivity contribution in [3.63, 3.8) is 0 Å². The summed E-state index contributed by atoms with van der Waals surface area (Å²) < 4.78 is 1.40. The van der Waals surface area contributed by atoms with Crippen LogP contribution < -0.4 is 5.56 Å². The van der Waals surface area contributed by atoms with E-state index in [-0.39, 0.29) is 12.2 Å². The predicted molar refractivity (Wildman–Crippen MR) is 177 cm³/mol. The lowest BCUT2D eigenvalue weighted by Gasteiger charge is -2.39. The molecule has 8 rings (SSSR count). The molecule has 9 heteroatoms. The van der Waals surface area contributed by atoms with E-state index in [1.165, 1.54) is 54.6 Å². The number of benzene rings is 2. The van der Waals surface area contributed by atoms with E-state index < -0.39 is 0 Å². The zero-order valence-electron chi connectivity index (χ0n) is 25.7. The Balaban J connectivity index is 1.11.